The molecule has 17 heavy (non-hydrogen) atoms. The number of thioether (sulfide) groups is 1. The fraction of sp³-hybridized carbons (Fsp3) is 0.500. The van der Waals surface area contributed by atoms with E-state index in [1.54, 1.807) is 0 Å². The molecule has 0 aromatic carbocycles. The zero-order valence-corrected chi connectivity index (χ0v) is 11.3. The molecule has 0 saturated heterocycles. The Morgan fingerprint density at radius 2 is 2.29 bits per heavy atom. The lowest BCUT2D eigenvalue weighted by Gasteiger charge is -2.13. The highest BCUT2D eigenvalue weighted by Gasteiger charge is 2.09. The minimum Gasteiger partial charge on any atom is -0.366 e. The molecule has 1 unspecified atom stereocenters. The maximum atomic E-state index is 4.38. The number of aryl methyl sites for hydroxylation is 1. The Bertz CT molecular complexity index is 494. The summed E-state index contributed by atoms with van der Waals surface area (Å²) in [4.78, 5) is 8.76. The number of fused-ring (bicyclic) bond motifs is 1. The number of nitrogens with one attached hydrogen (secondary N) is 1. The van der Waals surface area contributed by atoms with Crippen LogP contribution in [0, 0.1) is 0 Å². The van der Waals surface area contributed by atoms with E-state index in [-0.39, 0.29) is 0 Å². The molecule has 0 fully saturated rings. The van der Waals surface area contributed by atoms with Gasteiger partial charge in [0.1, 0.15) is 5.52 Å². The third-order valence-electron chi connectivity index (χ3n) is 2.78. The molecule has 1 atom stereocenters. The third kappa shape index (κ3) is 2.72. The van der Waals surface area contributed by atoms with E-state index in [1.807, 2.05) is 42.0 Å². The van der Waals surface area contributed by atoms with Crippen molar-refractivity contribution in [2.75, 3.05) is 17.3 Å². The second kappa shape index (κ2) is 5.40. The van der Waals surface area contributed by atoms with Crippen molar-refractivity contribution in [1.82, 2.24) is 14.5 Å². The van der Waals surface area contributed by atoms with Crippen molar-refractivity contribution in [3.05, 3.63) is 18.6 Å². The van der Waals surface area contributed by atoms with Gasteiger partial charge in [0.05, 0.1) is 11.8 Å². The van der Waals surface area contributed by atoms with Crippen LogP contribution < -0.4 is 5.32 Å². The van der Waals surface area contributed by atoms with Crippen molar-refractivity contribution in [3.8, 4) is 0 Å². The summed E-state index contributed by atoms with van der Waals surface area (Å²) in [6.07, 6.45) is 6.91. The van der Waals surface area contributed by atoms with Gasteiger partial charge in [0.25, 0.3) is 0 Å². The maximum absolute atomic E-state index is 4.38. The lowest BCUT2D eigenvalue weighted by molar-refractivity contribution is 0.768. The molecule has 2 aromatic rings. The first-order valence-corrected chi connectivity index (χ1v) is 7.13. The molecule has 0 radical (unpaired) electrons. The van der Waals surface area contributed by atoms with Crippen LogP contribution in [0.25, 0.3) is 11.0 Å². The Labute approximate surface area is 106 Å². The summed E-state index contributed by atoms with van der Waals surface area (Å²) in [6.45, 7) is 2.18. The summed E-state index contributed by atoms with van der Waals surface area (Å²) < 4.78 is 2.01. The summed E-state index contributed by atoms with van der Waals surface area (Å²) >= 11 is 1.87. The minimum atomic E-state index is 0.419. The molecular weight excluding hydrogens is 232 g/mol. The molecule has 0 saturated carbocycles. The van der Waals surface area contributed by atoms with Crippen LogP contribution in [-0.4, -0.2) is 32.6 Å². The molecule has 0 aliphatic heterocycles. The van der Waals surface area contributed by atoms with E-state index in [0.717, 1.165) is 29.0 Å². The van der Waals surface area contributed by atoms with Gasteiger partial charge in [0.15, 0.2) is 5.82 Å². The predicted molar refractivity (Wildman–Crippen MR) is 74.6 cm³/mol. The van der Waals surface area contributed by atoms with E-state index < -0.39 is 0 Å². The first-order chi connectivity index (χ1) is 8.22. The van der Waals surface area contributed by atoms with Gasteiger partial charge in [-0.2, -0.15) is 11.8 Å². The number of anilines is 1. The van der Waals surface area contributed by atoms with Gasteiger partial charge in [-0.25, -0.2) is 9.97 Å². The van der Waals surface area contributed by atoms with E-state index >= 15 is 0 Å². The fourth-order valence-electron chi connectivity index (χ4n) is 1.77. The predicted octanol–water partition coefficient (Wildman–Crippen LogP) is 2.52. The number of rotatable bonds is 5. The highest BCUT2D eigenvalue weighted by atomic mass is 32.2. The smallest absolute Gasteiger partial charge is 0.154 e. The van der Waals surface area contributed by atoms with Crippen molar-refractivity contribution in [2.45, 2.75) is 19.4 Å². The number of nitrogens with zero attached hydrogens (tertiary/aromatic N) is 3. The molecule has 5 heteroatoms. The van der Waals surface area contributed by atoms with Gasteiger partial charge >= 0.3 is 0 Å². The van der Waals surface area contributed by atoms with Gasteiger partial charge in [-0.3, -0.25) is 0 Å². The zero-order valence-electron chi connectivity index (χ0n) is 10.5. The van der Waals surface area contributed by atoms with Gasteiger partial charge in [-0.05, 0) is 31.4 Å². The topological polar surface area (TPSA) is 42.7 Å². The third-order valence-corrected chi connectivity index (χ3v) is 3.43. The van der Waals surface area contributed by atoms with Crippen molar-refractivity contribution < 1.29 is 0 Å². The van der Waals surface area contributed by atoms with Gasteiger partial charge in [-0.15, -0.1) is 0 Å². The Morgan fingerprint density at radius 1 is 1.47 bits per heavy atom. The van der Waals surface area contributed by atoms with Crippen LogP contribution in [0.4, 0.5) is 5.82 Å². The van der Waals surface area contributed by atoms with E-state index in [0.29, 0.717) is 6.04 Å². The first kappa shape index (κ1) is 12.2. The lowest BCUT2D eigenvalue weighted by Crippen LogP contribution is -2.17. The number of hydrogen-bond acceptors (Lipinski definition) is 4. The van der Waals surface area contributed by atoms with Crippen LogP contribution in [0.2, 0.25) is 0 Å². The average Bonchev–Trinajstić information content (AvgIpc) is 2.70. The molecule has 92 valence electrons. The second-order valence-corrected chi connectivity index (χ2v) is 5.20. The molecule has 2 rings (SSSR count). The molecule has 0 aliphatic rings. The Kier molecular flexibility index (Phi) is 3.89. The maximum Gasteiger partial charge on any atom is 0.154 e. The molecule has 2 heterocycles. The molecule has 0 bridgehead atoms. The first-order valence-electron chi connectivity index (χ1n) is 5.74. The summed E-state index contributed by atoms with van der Waals surface area (Å²) in [5.41, 5.74) is 2.06. The van der Waals surface area contributed by atoms with Crippen molar-refractivity contribution >= 4 is 28.6 Å². The van der Waals surface area contributed by atoms with Crippen LogP contribution in [0.15, 0.2) is 18.6 Å². The monoisotopic (exact) mass is 250 g/mol. The quantitative estimate of drug-likeness (QED) is 0.885. The summed E-state index contributed by atoms with van der Waals surface area (Å²) in [7, 11) is 2.00. The molecule has 4 nitrogen and oxygen atoms in total. The normalized spacial score (nSPS) is 12.9. The van der Waals surface area contributed by atoms with Gasteiger partial charge in [0, 0.05) is 19.3 Å². The van der Waals surface area contributed by atoms with Crippen LogP contribution in [0.1, 0.15) is 13.3 Å². The van der Waals surface area contributed by atoms with Crippen LogP contribution >= 0.6 is 11.8 Å². The van der Waals surface area contributed by atoms with Gasteiger partial charge in [-0.1, -0.05) is 0 Å². The van der Waals surface area contributed by atoms with Crippen LogP contribution in [0.5, 0.6) is 0 Å². The van der Waals surface area contributed by atoms with Crippen molar-refractivity contribution in [3.63, 3.8) is 0 Å². The Morgan fingerprint density at radius 3 is 3.06 bits per heavy atom. The summed E-state index contributed by atoms with van der Waals surface area (Å²) in [5.74, 6) is 2.04. The Hall–Kier alpha value is -1.23. The van der Waals surface area contributed by atoms with E-state index in [4.69, 9.17) is 0 Å². The van der Waals surface area contributed by atoms with E-state index in [9.17, 15) is 0 Å². The van der Waals surface area contributed by atoms with E-state index in [1.165, 1.54) is 0 Å². The number of imidazole rings is 1. The second-order valence-electron chi connectivity index (χ2n) is 4.21. The van der Waals surface area contributed by atoms with Crippen LogP contribution in [-0.2, 0) is 7.05 Å². The molecule has 0 spiro atoms. The molecule has 1 N–H and O–H groups in total. The molecular formula is C12H18N4S. The molecule has 0 amide bonds. The molecule has 2 aromatic heterocycles. The fourth-order valence-corrected chi connectivity index (χ4v) is 2.36. The van der Waals surface area contributed by atoms with Crippen LogP contribution in [0.3, 0.4) is 0 Å². The molecule has 0 aliphatic carbocycles. The van der Waals surface area contributed by atoms with Crippen molar-refractivity contribution in [1.29, 1.82) is 0 Å². The van der Waals surface area contributed by atoms with Gasteiger partial charge < -0.3 is 9.88 Å². The highest BCUT2D eigenvalue weighted by Crippen LogP contribution is 2.19. The number of hydrogen-bond donors (Lipinski definition) is 1. The SMILES string of the molecule is CSCCC(C)Nc1nccc2c1ncn2C. The highest BCUT2D eigenvalue weighted by molar-refractivity contribution is 7.98. The van der Waals surface area contributed by atoms with Crippen molar-refractivity contribution in [2.24, 2.45) is 7.05 Å². The minimum absolute atomic E-state index is 0.419. The zero-order chi connectivity index (χ0) is 12.3. The number of aromatic nitrogens is 3. The van der Waals surface area contributed by atoms with E-state index in [2.05, 4.69) is 28.5 Å². The number of pyridine rings is 1. The largest absolute Gasteiger partial charge is 0.366 e. The Balaban J connectivity index is 2.18. The lowest BCUT2D eigenvalue weighted by atomic mass is 10.2. The summed E-state index contributed by atoms with van der Waals surface area (Å²) in [5, 5.41) is 3.43. The standard InChI is InChI=1S/C12H18N4S/c1-9(5-7-17-3)15-12-11-10(4-6-13-12)16(2)8-14-11/h4,6,8-9H,5,7H2,1-3H3,(H,13,15). The average molecular weight is 250 g/mol. The summed E-state index contributed by atoms with van der Waals surface area (Å²) in [6, 6.07) is 2.41. The van der Waals surface area contributed by atoms with Gasteiger partial charge in [0.2, 0.25) is 0 Å².